The number of nitrogens with zero attached hydrogens (tertiary/aromatic N) is 1. The SMILES string of the molecule is OB(O)c1ccc2c(c1)c1c(n2-c2ccccc2)CCC(C2=CC=CCC2)=C1. The number of allylic oxidation sites excluding steroid dienone is 5. The lowest BCUT2D eigenvalue weighted by Gasteiger charge is -2.20. The number of hydrogen-bond donors (Lipinski definition) is 2. The van der Waals surface area contributed by atoms with Crippen molar-refractivity contribution in [2.24, 2.45) is 0 Å². The lowest BCUT2D eigenvalue weighted by Crippen LogP contribution is -2.29. The van der Waals surface area contributed by atoms with Gasteiger partial charge in [-0.3, -0.25) is 0 Å². The monoisotopic (exact) mass is 367 g/mol. The summed E-state index contributed by atoms with van der Waals surface area (Å²) in [6.45, 7) is 0. The molecule has 0 saturated carbocycles. The van der Waals surface area contributed by atoms with Gasteiger partial charge >= 0.3 is 7.12 Å². The third-order valence-electron chi connectivity index (χ3n) is 5.82. The van der Waals surface area contributed by atoms with Gasteiger partial charge in [-0.1, -0.05) is 48.6 Å². The first-order valence-electron chi connectivity index (χ1n) is 9.88. The van der Waals surface area contributed by atoms with Gasteiger partial charge in [0.25, 0.3) is 0 Å². The molecule has 1 heterocycles. The third kappa shape index (κ3) is 2.86. The molecule has 28 heavy (non-hydrogen) atoms. The number of benzene rings is 2. The minimum absolute atomic E-state index is 0.529. The molecule has 0 bridgehead atoms. The largest absolute Gasteiger partial charge is 0.488 e. The lowest BCUT2D eigenvalue weighted by atomic mass is 9.79. The number of rotatable bonds is 3. The van der Waals surface area contributed by atoms with Crippen molar-refractivity contribution in [2.45, 2.75) is 25.7 Å². The van der Waals surface area contributed by atoms with Gasteiger partial charge in [-0.2, -0.15) is 0 Å². The second kappa shape index (κ2) is 6.97. The van der Waals surface area contributed by atoms with Crippen LogP contribution in [-0.2, 0) is 6.42 Å². The van der Waals surface area contributed by atoms with Gasteiger partial charge in [0.15, 0.2) is 0 Å². The molecule has 0 fully saturated rings. The molecule has 3 aromatic rings. The van der Waals surface area contributed by atoms with Gasteiger partial charge in [0.1, 0.15) is 0 Å². The molecular weight excluding hydrogens is 345 g/mol. The van der Waals surface area contributed by atoms with Gasteiger partial charge in [0.05, 0.1) is 5.52 Å². The minimum Gasteiger partial charge on any atom is -0.423 e. The van der Waals surface area contributed by atoms with E-state index in [0.717, 1.165) is 42.3 Å². The summed E-state index contributed by atoms with van der Waals surface area (Å²) in [4.78, 5) is 0. The van der Waals surface area contributed by atoms with Gasteiger partial charge in [0, 0.05) is 22.3 Å². The standard InChI is InChI=1S/C24H22BNO2/c27-25(28)19-12-14-24-22(16-19)21-15-18(17-7-3-1-4-8-17)11-13-23(21)26(24)20-9-5-2-6-10-20/h1-3,5-7,9-10,12,14-16,27-28H,4,8,11,13H2. The van der Waals surface area contributed by atoms with Crippen LogP contribution in [0.2, 0.25) is 0 Å². The van der Waals surface area contributed by atoms with Crippen LogP contribution < -0.4 is 5.46 Å². The van der Waals surface area contributed by atoms with Crippen molar-refractivity contribution in [1.82, 2.24) is 4.57 Å². The van der Waals surface area contributed by atoms with Crippen LogP contribution in [0.1, 0.15) is 30.5 Å². The van der Waals surface area contributed by atoms with E-state index in [2.05, 4.69) is 53.1 Å². The predicted molar refractivity (Wildman–Crippen MR) is 116 cm³/mol. The molecule has 5 rings (SSSR count). The molecule has 0 atom stereocenters. The number of aromatic nitrogens is 1. The van der Waals surface area contributed by atoms with Crippen molar-refractivity contribution >= 4 is 29.6 Å². The van der Waals surface area contributed by atoms with E-state index in [1.807, 2.05) is 18.2 Å². The summed E-state index contributed by atoms with van der Waals surface area (Å²) in [5.41, 5.74) is 8.10. The smallest absolute Gasteiger partial charge is 0.423 e. The third-order valence-corrected chi connectivity index (χ3v) is 5.82. The maximum atomic E-state index is 9.68. The second-order valence-electron chi connectivity index (χ2n) is 7.51. The first-order valence-corrected chi connectivity index (χ1v) is 9.88. The Morgan fingerprint density at radius 2 is 1.75 bits per heavy atom. The van der Waals surface area contributed by atoms with Crippen molar-refractivity contribution < 1.29 is 10.0 Å². The van der Waals surface area contributed by atoms with Gasteiger partial charge in [-0.25, -0.2) is 0 Å². The van der Waals surface area contributed by atoms with E-state index < -0.39 is 7.12 Å². The van der Waals surface area contributed by atoms with Gasteiger partial charge < -0.3 is 14.6 Å². The second-order valence-corrected chi connectivity index (χ2v) is 7.51. The fourth-order valence-corrected chi connectivity index (χ4v) is 4.45. The molecule has 0 aliphatic heterocycles. The molecule has 0 unspecified atom stereocenters. The molecule has 4 heteroatoms. The van der Waals surface area contributed by atoms with Crippen molar-refractivity contribution in [1.29, 1.82) is 0 Å². The minimum atomic E-state index is -1.46. The zero-order valence-electron chi connectivity index (χ0n) is 15.7. The Kier molecular flexibility index (Phi) is 4.31. The van der Waals surface area contributed by atoms with Crippen LogP contribution in [0.5, 0.6) is 0 Å². The summed E-state index contributed by atoms with van der Waals surface area (Å²) >= 11 is 0. The molecule has 2 N–H and O–H groups in total. The molecular formula is C24H22BNO2. The van der Waals surface area contributed by atoms with Crippen molar-refractivity contribution in [3.05, 3.63) is 89.2 Å². The van der Waals surface area contributed by atoms with E-state index in [4.69, 9.17) is 0 Å². The highest BCUT2D eigenvalue weighted by Crippen LogP contribution is 2.38. The molecule has 0 amide bonds. The first kappa shape index (κ1) is 17.3. The zero-order valence-corrected chi connectivity index (χ0v) is 15.7. The Morgan fingerprint density at radius 3 is 2.50 bits per heavy atom. The first-order chi connectivity index (χ1) is 13.7. The molecule has 2 aromatic carbocycles. The van der Waals surface area contributed by atoms with E-state index in [1.165, 1.54) is 22.4 Å². The lowest BCUT2D eigenvalue weighted by molar-refractivity contribution is 0.426. The molecule has 2 aliphatic carbocycles. The van der Waals surface area contributed by atoms with Gasteiger partial charge in [-0.05, 0) is 66.6 Å². The van der Waals surface area contributed by atoms with Crippen LogP contribution in [-0.4, -0.2) is 21.7 Å². The summed E-state index contributed by atoms with van der Waals surface area (Å²) in [6, 6.07) is 16.1. The summed E-state index contributed by atoms with van der Waals surface area (Å²) < 4.78 is 2.32. The van der Waals surface area contributed by atoms with E-state index in [-0.39, 0.29) is 0 Å². The Balaban J connectivity index is 1.76. The highest BCUT2D eigenvalue weighted by molar-refractivity contribution is 6.59. The molecule has 138 valence electrons. The Bertz CT molecular complexity index is 1140. The normalized spacial score (nSPS) is 15.9. The van der Waals surface area contributed by atoms with E-state index in [9.17, 15) is 10.0 Å². The average molecular weight is 367 g/mol. The fraction of sp³-hybridized carbons (Fsp3) is 0.167. The molecule has 0 radical (unpaired) electrons. The summed E-state index contributed by atoms with van der Waals surface area (Å²) in [5, 5.41) is 20.4. The van der Waals surface area contributed by atoms with Crippen LogP contribution in [0.25, 0.3) is 22.7 Å². The molecule has 0 spiro atoms. The van der Waals surface area contributed by atoms with E-state index in [0.29, 0.717) is 5.46 Å². The zero-order chi connectivity index (χ0) is 19.1. The number of para-hydroxylation sites is 1. The van der Waals surface area contributed by atoms with Crippen LogP contribution in [0.4, 0.5) is 0 Å². The summed E-state index contributed by atoms with van der Waals surface area (Å²) in [7, 11) is -1.46. The van der Waals surface area contributed by atoms with Gasteiger partial charge in [0.2, 0.25) is 0 Å². The molecule has 0 saturated heterocycles. The molecule has 3 nitrogen and oxygen atoms in total. The number of hydrogen-bond acceptors (Lipinski definition) is 2. The highest BCUT2D eigenvalue weighted by atomic mass is 16.4. The average Bonchev–Trinajstić information content (AvgIpc) is 3.08. The fourth-order valence-electron chi connectivity index (χ4n) is 4.45. The topological polar surface area (TPSA) is 45.4 Å². The summed E-state index contributed by atoms with van der Waals surface area (Å²) in [6.07, 6.45) is 13.1. The predicted octanol–water partition coefficient (Wildman–Crippen LogP) is 3.92. The Hall–Kier alpha value is -2.82. The van der Waals surface area contributed by atoms with E-state index >= 15 is 0 Å². The van der Waals surface area contributed by atoms with Gasteiger partial charge in [-0.15, -0.1) is 0 Å². The van der Waals surface area contributed by atoms with E-state index in [1.54, 1.807) is 6.07 Å². The molecule has 2 aliphatic rings. The maximum Gasteiger partial charge on any atom is 0.488 e. The van der Waals surface area contributed by atoms with Crippen LogP contribution in [0.3, 0.4) is 0 Å². The van der Waals surface area contributed by atoms with Crippen molar-refractivity contribution in [3.63, 3.8) is 0 Å². The van der Waals surface area contributed by atoms with Crippen LogP contribution in [0, 0.1) is 0 Å². The highest BCUT2D eigenvalue weighted by Gasteiger charge is 2.23. The van der Waals surface area contributed by atoms with Crippen LogP contribution in [0.15, 0.2) is 77.9 Å². The number of fused-ring (bicyclic) bond motifs is 3. The Labute approximate surface area is 165 Å². The maximum absolute atomic E-state index is 9.68. The Morgan fingerprint density at radius 1 is 0.893 bits per heavy atom. The van der Waals surface area contributed by atoms with Crippen molar-refractivity contribution in [3.8, 4) is 5.69 Å². The molecule has 1 aromatic heterocycles. The quantitative estimate of drug-likeness (QED) is 0.690. The summed E-state index contributed by atoms with van der Waals surface area (Å²) in [5.74, 6) is 0. The van der Waals surface area contributed by atoms with Crippen molar-refractivity contribution in [2.75, 3.05) is 0 Å². The van der Waals surface area contributed by atoms with Crippen LogP contribution >= 0.6 is 0 Å².